The Balaban J connectivity index is 2.48. The summed E-state index contributed by atoms with van der Waals surface area (Å²) in [5, 5.41) is 18.2. The zero-order valence-corrected chi connectivity index (χ0v) is 9.10. The van der Waals surface area contributed by atoms with Gasteiger partial charge in [-0.15, -0.1) is 0 Å². The van der Waals surface area contributed by atoms with Gasteiger partial charge in [0.15, 0.2) is 0 Å². The van der Waals surface area contributed by atoms with Gasteiger partial charge in [0, 0.05) is 0 Å². The minimum absolute atomic E-state index is 0.190. The Morgan fingerprint density at radius 1 is 1.31 bits per heavy atom. The summed E-state index contributed by atoms with van der Waals surface area (Å²) in [5.74, 6) is 0.242. The fourth-order valence-corrected chi connectivity index (χ4v) is 2.21. The van der Waals surface area contributed by atoms with Crippen molar-refractivity contribution in [1.82, 2.24) is 0 Å². The number of nitrogens with zero attached hydrogens (tertiary/aromatic N) is 2. The van der Waals surface area contributed by atoms with Crippen molar-refractivity contribution < 1.29 is 4.74 Å². The van der Waals surface area contributed by atoms with Gasteiger partial charge in [0.25, 0.3) is 0 Å². The molecule has 0 saturated heterocycles. The van der Waals surface area contributed by atoms with E-state index in [4.69, 9.17) is 15.3 Å². The molecule has 0 saturated carbocycles. The number of nitriles is 2. The maximum Gasteiger partial charge on any atom is 0.119 e. The second kappa shape index (κ2) is 4.24. The molecule has 0 heterocycles. The summed E-state index contributed by atoms with van der Waals surface area (Å²) in [6.07, 6.45) is 1.64. The highest BCUT2D eigenvalue weighted by Crippen LogP contribution is 2.37. The van der Waals surface area contributed by atoms with E-state index in [1.165, 1.54) is 5.56 Å². The molecule has 0 amide bonds. The first kappa shape index (κ1) is 10.5. The van der Waals surface area contributed by atoms with Gasteiger partial charge in [-0.3, -0.25) is 0 Å². The van der Waals surface area contributed by atoms with Gasteiger partial charge >= 0.3 is 0 Å². The number of hydrogen-bond acceptors (Lipinski definition) is 3. The van der Waals surface area contributed by atoms with Crippen molar-refractivity contribution in [2.24, 2.45) is 5.92 Å². The zero-order chi connectivity index (χ0) is 11.5. The molecule has 1 aliphatic carbocycles. The molecule has 1 aromatic carbocycles. The van der Waals surface area contributed by atoms with Crippen LogP contribution in [0, 0.1) is 28.6 Å². The topological polar surface area (TPSA) is 56.8 Å². The molecular formula is C13H12N2O. The van der Waals surface area contributed by atoms with Gasteiger partial charge in [0.2, 0.25) is 0 Å². The van der Waals surface area contributed by atoms with E-state index in [0.29, 0.717) is 0 Å². The van der Waals surface area contributed by atoms with Crippen LogP contribution in [-0.4, -0.2) is 7.11 Å². The van der Waals surface area contributed by atoms with Crippen molar-refractivity contribution in [3.8, 4) is 17.9 Å². The van der Waals surface area contributed by atoms with Crippen LogP contribution in [0.2, 0.25) is 0 Å². The van der Waals surface area contributed by atoms with Crippen LogP contribution in [0.15, 0.2) is 18.2 Å². The van der Waals surface area contributed by atoms with Gasteiger partial charge in [-0.25, -0.2) is 0 Å². The Kier molecular flexibility index (Phi) is 2.79. The zero-order valence-electron chi connectivity index (χ0n) is 9.10. The van der Waals surface area contributed by atoms with Crippen molar-refractivity contribution in [1.29, 1.82) is 10.5 Å². The lowest BCUT2D eigenvalue weighted by atomic mass is 9.76. The molecule has 0 spiro atoms. The molecule has 80 valence electrons. The van der Waals surface area contributed by atoms with E-state index in [-0.39, 0.29) is 11.8 Å². The van der Waals surface area contributed by atoms with E-state index >= 15 is 0 Å². The number of ether oxygens (including phenoxy) is 1. The Hall–Kier alpha value is -2.00. The summed E-state index contributed by atoms with van der Waals surface area (Å²) >= 11 is 0. The lowest BCUT2D eigenvalue weighted by Gasteiger charge is -2.25. The van der Waals surface area contributed by atoms with Crippen LogP contribution in [-0.2, 0) is 6.42 Å². The second-order valence-corrected chi connectivity index (χ2v) is 3.95. The van der Waals surface area contributed by atoms with Crippen molar-refractivity contribution in [2.45, 2.75) is 18.8 Å². The summed E-state index contributed by atoms with van der Waals surface area (Å²) in [6, 6.07) is 10.2. The first-order valence-electron chi connectivity index (χ1n) is 5.26. The average molecular weight is 212 g/mol. The Morgan fingerprint density at radius 3 is 2.75 bits per heavy atom. The fourth-order valence-electron chi connectivity index (χ4n) is 2.21. The summed E-state index contributed by atoms with van der Waals surface area (Å²) in [5.41, 5.74) is 2.12. The van der Waals surface area contributed by atoms with Gasteiger partial charge in [-0.1, -0.05) is 6.07 Å². The van der Waals surface area contributed by atoms with Crippen LogP contribution in [0.25, 0.3) is 0 Å². The molecule has 2 atom stereocenters. The Morgan fingerprint density at radius 2 is 2.12 bits per heavy atom. The standard InChI is InChI=1S/C13H12N2O/c1-16-11-5-4-9-2-3-10(7-14)13(8-15)12(9)6-11/h4-6,10,13H,2-3H2,1H3/t10-,13+/m0/s1. The van der Waals surface area contributed by atoms with Crippen LogP contribution in [0.5, 0.6) is 5.75 Å². The molecule has 0 N–H and O–H groups in total. The second-order valence-electron chi connectivity index (χ2n) is 3.95. The van der Waals surface area contributed by atoms with Gasteiger partial charge in [-0.05, 0) is 36.1 Å². The number of fused-ring (bicyclic) bond motifs is 1. The molecule has 0 fully saturated rings. The normalized spacial score (nSPS) is 22.7. The third-order valence-electron chi connectivity index (χ3n) is 3.12. The van der Waals surface area contributed by atoms with Crippen LogP contribution >= 0.6 is 0 Å². The van der Waals surface area contributed by atoms with Crippen molar-refractivity contribution in [2.75, 3.05) is 7.11 Å². The molecule has 0 bridgehead atoms. The predicted octanol–water partition coefficient (Wildman–Crippen LogP) is 2.39. The monoisotopic (exact) mass is 212 g/mol. The number of aryl methyl sites for hydroxylation is 1. The first-order valence-corrected chi connectivity index (χ1v) is 5.26. The number of rotatable bonds is 1. The smallest absolute Gasteiger partial charge is 0.119 e. The molecule has 2 rings (SSSR count). The van der Waals surface area contributed by atoms with E-state index in [0.717, 1.165) is 24.2 Å². The lowest BCUT2D eigenvalue weighted by molar-refractivity contribution is 0.412. The molecule has 0 aromatic heterocycles. The first-order chi connectivity index (χ1) is 7.80. The molecule has 1 aliphatic rings. The predicted molar refractivity (Wildman–Crippen MR) is 58.8 cm³/mol. The molecule has 3 nitrogen and oxygen atoms in total. The third-order valence-corrected chi connectivity index (χ3v) is 3.12. The van der Waals surface area contributed by atoms with Crippen molar-refractivity contribution >= 4 is 0 Å². The van der Waals surface area contributed by atoms with Crippen LogP contribution in [0.3, 0.4) is 0 Å². The highest BCUT2D eigenvalue weighted by molar-refractivity contribution is 5.43. The number of methoxy groups -OCH3 is 1. The molecule has 0 unspecified atom stereocenters. The van der Waals surface area contributed by atoms with Gasteiger partial charge < -0.3 is 4.74 Å². The van der Waals surface area contributed by atoms with Crippen LogP contribution in [0.4, 0.5) is 0 Å². The lowest BCUT2D eigenvalue weighted by Crippen LogP contribution is -2.18. The SMILES string of the molecule is COc1ccc2c(c1)[C@H](C#N)[C@H](C#N)CC2. The van der Waals surface area contributed by atoms with Gasteiger partial charge in [0.1, 0.15) is 5.75 Å². The van der Waals surface area contributed by atoms with Crippen LogP contribution in [0.1, 0.15) is 23.5 Å². The summed E-state index contributed by atoms with van der Waals surface area (Å²) in [4.78, 5) is 0. The Labute approximate surface area is 94.9 Å². The molecule has 1 aromatic rings. The number of benzene rings is 1. The van der Waals surface area contributed by atoms with E-state index in [1.54, 1.807) is 7.11 Å². The summed E-state index contributed by atoms with van der Waals surface area (Å²) < 4.78 is 5.15. The quantitative estimate of drug-likeness (QED) is 0.718. The molecular weight excluding hydrogens is 200 g/mol. The molecule has 3 heteroatoms. The maximum atomic E-state index is 9.16. The molecule has 0 aliphatic heterocycles. The van der Waals surface area contributed by atoms with Gasteiger partial charge in [-0.2, -0.15) is 10.5 Å². The fraction of sp³-hybridized carbons (Fsp3) is 0.385. The van der Waals surface area contributed by atoms with Crippen LogP contribution < -0.4 is 4.74 Å². The largest absolute Gasteiger partial charge is 0.497 e. The van der Waals surface area contributed by atoms with Gasteiger partial charge in [0.05, 0.1) is 31.1 Å². The van der Waals surface area contributed by atoms with E-state index in [2.05, 4.69) is 12.1 Å². The minimum atomic E-state index is -0.316. The van der Waals surface area contributed by atoms with Crippen molar-refractivity contribution in [3.63, 3.8) is 0 Å². The van der Waals surface area contributed by atoms with E-state index in [1.807, 2.05) is 18.2 Å². The molecule has 0 radical (unpaired) electrons. The third kappa shape index (κ3) is 1.61. The summed E-state index contributed by atoms with van der Waals surface area (Å²) in [7, 11) is 1.60. The molecule has 16 heavy (non-hydrogen) atoms. The number of hydrogen-bond donors (Lipinski definition) is 0. The van der Waals surface area contributed by atoms with E-state index in [9.17, 15) is 0 Å². The highest BCUT2D eigenvalue weighted by atomic mass is 16.5. The highest BCUT2D eigenvalue weighted by Gasteiger charge is 2.29. The van der Waals surface area contributed by atoms with E-state index < -0.39 is 0 Å². The maximum absolute atomic E-state index is 9.16. The minimum Gasteiger partial charge on any atom is -0.497 e. The summed E-state index contributed by atoms with van der Waals surface area (Å²) in [6.45, 7) is 0. The average Bonchev–Trinajstić information content (AvgIpc) is 2.36. The Bertz CT molecular complexity index is 482. The van der Waals surface area contributed by atoms with Crippen molar-refractivity contribution in [3.05, 3.63) is 29.3 Å².